The lowest BCUT2D eigenvalue weighted by molar-refractivity contribution is 0.104. The molecule has 0 atom stereocenters. The zero-order valence-electron chi connectivity index (χ0n) is 11.8. The van der Waals surface area contributed by atoms with Gasteiger partial charge in [-0.2, -0.15) is 0 Å². The van der Waals surface area contributed by atoms with E-state index in [2.05, 4.69) is 16.0 Å². The smallest absolute Gasteiger partial charge is 0.186 e. The van der Waals surface area contributed by atoms with Gasteiger partial charge in [0.05, 0.1) is 11.0 Å². The van der Waals surface area contributed by atoms with Crippen molar-refractivity contribution in [3.8, 4) is 0 Å². The monoisotopic (exact) mass is 328 g/mol. The maximum absolute atomic E-state index is 12.0. The van der Waals surface area contributed by atoms with Crippen molar-refractivity contribution in [1.82, 2.24) is 9.97 Å². The van der Waals surface area contributed by atoms with Crippen molar-refractivity contribution < 1.29 is 4.79 Å². The zero-order chi connectivity index (χ0) is 15.5. The second kappa shape index (κ2) is 6.38. The van der Waals surface area contributed by atoms with Crippen LogP contribution in [0.4, 0.5) is 0 Å². The molecule has 5 heteroatoms. The molecule has 2 aromatic carbocycles. The first-order valence-electron chi connectivity index (χ1n) is 6.71. The number of benzene rings is 2. The van der Waals surface area contributed by atoms with E-state index < -0.39 is 0 Å². The van der Waals surface area contributed by atoms with Crippen LogP contribution in [0.2, 0.25) is 5.02 Å². The van der Waals surface area contributed by atoms with Crippen molar-refractivity contribution in [3.63, 3.8) is 0 Å². The van der Waals surface area contributed by atoms with Crippen LogP contribution in [0.1, 0.15) is 15.9 Å². The highest BCUT2D eigenvalue weighted by molar-refractivity contribution is 8.02. The number of nitrogens with one attached hydrogen (secondary N) is 1. The Balaban J connectivity index is 1.70. The lowest BCUT2D eigenvalue weighted by Crippen LogP contribution is -1.92. The number of nitrogens with zero attached hydrogens (tertiary/aromatic N) is 1. The number of carbonyl (C=O) groups excluding carboxylic acids is 1. The second-order valence-corrected chi connectivity index (χ2v) is 6.19. The normalized spacial score (nSPS) is 11.4. The molecule has 3 nitrogen and oxygen atoms in total. The van der Waals surface area contributed by atoms with Crippen LogP contribution >= 0.6 is 23.4 Å². The number of halogens is 1. The highest BCUT2D eigenvalue weighted by Gasteiger charge is 2.03. The topological polar surface area (TPSA) is 45.8 Å². The summed E-state index contributed by atoms with van der Waals surface area (Å²) in [5.41, 5.74) is 3.72. The number of ketones is 1. The summed E-state index contributed by atoms with van der Waals surface area (Å²) < 4.78 is 0. The largest absolute Gasteiger partial charge is 0.333 e. The number of allylic oxidation sites excluding steroid dienone is 1. The highest BCUT2D eigenvalue weighted by Crippen LogP contribution is 2.21. The Morgan fingerprint density at radius 3 is 2.77 bits per heavy atom. The van der Waals surface area contributed by atoms with Crippen molar-refractivity contribution in [1.29, 1.82) is 0 Å². The predicted molar refractivity (Wildman–Crippen MR) is 91.6 cm³/mol. The molecule has 0 saturated carbocycles. The van der Waals surface area contributed by atoms with Crippen LogP contribution < -0.4 is 0 Å². The van der Waals surface area contributed by atoms with E-state index in [0.717, 1.165) is 16.2 Å². The average molecular weight is 329 g/mol. The first-order valence-corrected chi connectivity index (χ1v) is 7.97. The summed E-state index contributed by atoms with van der Waals surface area (Å²) in [5, 5.41) is 3.12. The molecule has 1 aromatic heterocycles. The summed E-state index contributed by atoms with van der Waals surface area (Å²) in [6.07, 6.45) is 1.53. The molecule has 110 valence electrons. The summed E-state index contributed by atoms with van der Waals surface area (Å²) in [7, 11) is 0. The van der Waals surface area contributed by atoms with Gasteiger partial charge in [0.2, 0.25) is 0 Å². The number of rotatable bonds is 4. The van der Waals surface area contributed by atoms with Gasteiger partial charge in [-0.1, -0.05) is 29.4 Å². The predicted octanol–water partition coefficient (Wildman–Crippen LogP) is 5.01. The van der Waals surface area contributed by atoms with Gasteiger partial charge < -0.3 is 4.98 Å². The SMILES string of the molecule is Cc1ccc2nc(SC=CC(=O)c3ccc(Cl)cc3)[nH]c2c1. The lowest BCUT2D eigenvalue weighted by atomic mass is 10.1. The Bertz CT molecular complexity index is 853. The van der Waals surface area contributed by atoms with Gasteiger partial charge in [-0.05, 0) is 60.4 Å². The number of hydrogen-bond donors (Lipinski definition) is 1. The van der Waals surface area contributed by atoms with Gasteiger partial charge in [0, 0.05) is 10.6 Å². The van der Waals surface area contributed by atoms with Crippen LogP contribution in [-0.2, 0) is 0 Å². The fourth-order valence-corrected chi connectivity index (χ4v) is 2.79. The molecule has 0 saturated heterocycles. The van der Waals surface area contributed by atoms with Gasteiger partial charge in [0.1, 0.15) is 0 Å². The number of aromatic amines is 1. The van der Waals surface area contributed by atoms with Gasteiger partial charge in [-0.15, -0.1) is 0 Å². The van der Waals surface area contributed by atoms with Crippen LogP contribution in [-0.4, -0.2) is 15.8 Å². The van der Waals surface area contributed by atoms with Crippen molar-refractivity contribution >= 4 is 40.2 Å². The number of aromatic nitrogens is 2. The number of hydrogen-bond acceptors (Lipinski definition) is 3. The number of thioether (sulfide) groups is 1. The van der Waals surface area contributed by atoms with Crippen LogP contribution in [0.5, 0.6) is 0 Å². The minimum atomic E-state index is -0.0591. The molecule has 1 N–H and O–H groups in total. The molecule has 1 heterocycles. The first-order chi connectivity index (χ1) is 10.6. The fraction of sp³-hybridized carbons (Fsp3) is 0.0588. The number of H-pyrrole nitrogens is 1. The summed E-state index contributed by atoms with van der Waals surface area (Å²) >= 11 is 7.19. The minimum Gasteiger partial charge on any atom is -0.333 e. The third-order valence-electron chi connectivity index (χ3n) is 3.14. The molecule has 0 fully saturated rings. The molecule has 0 bridgehead atoms. The second-order valence-electron chi connectivity index (χ2n) is 4.85. The summed E-state index contributed by atoms with van der Waals surface area (Å²) in [4.78, 5) is 19.7. The summed E-state index contributed by atoms with van der Waals surface area (Å²) in [6, 6.07) is 12.9. The molecule has 0 radical (unpaired) electrons. The van der Waals surface area contributed by atoms with E-state index in [0.29, 0.717) is 10.6 Å². The number of carbonyl (C=O) groups is 1. The van der Waals surface area contributed by atoms with E-state index in [4.69, 9.17) is 11.6 Å². The molecule has 0 amide bonds. The molecule has 0 aliphatic rings. The van der Waals surface area contributed by atoms with Gasteiger partial charge in [-0.3, -0.25) is 4.79 Å². The third-order valence-corrected chi connectivity index (χ3v) is 4.08. The molecule has 22 heavy (non-hydrogen) atoms. The number of fused-ring (bicyclic) bond motifs is 1. The maximum Gasteiger partial charge on any atom is 0.186 e. The van der Waals surface area contributed by atoms with E-state index in [1.165, 1.54) is 23.4 Å². The van der Waals surface area contributed by atoms with Crippen LogP contribution in [0.15, 0.2) is 59.1 Å². The van der Waals surface area contributed by atoms with Crippen LogP contribution in [0.3, 0.4) is 0 Å². The van der Waals surface area contributed by atoms with E-state index in [1.54, 1.807) is 29.7 Å². The zero-order valence-corrected chi connectivity index (χ0v) is 13.4. The van der Waals surface area contributed by atoms with E-state index in [-0.39, 0.29) is 5.78 Å². The fourth-order valence-electron chi connectivity index (χ4n) is 2.03. The van der Waals surface area contributed by atoms with Gasteiger partial charge in [0.25, 0.3) is 0 Å². The summed E-state index contributed by atoms with van der Waals surface area (Å²) in [6.45, 7) is 2.04. The van der Waals surface area contributed by atoms with E-state index in [1.807, 2.05) is 19.1 Å². The van der Waals surface area contributed by atoms with Crippen molar-refractivity contribution in [2.45, 2.75) is 12.1 Å². The average Bonchev–Trinajstić information content (AvgIpc) is 2.89. The number of aryl methyl sites for hydroxylation is 1. The molecule has 0 aliphatic carbocycles. The Kier molecular flexibility index (Phi) is 4.32. The Morgan fingerprint density at radius 1 is 1.23 bits per heavy atom. The molecular weight excluding hydrogens is 316 g/mol. The molecular formula is C17H13ClN2OS. The minimum absolute atomic E-state index is 0.0591. The molecule has 0 aliphatic heterocycles. The summed E-state index contributed by atoms with van der Waals surface area (Å²) in [5.74, 6) is -0.0591. The third kappa shape index (κ3) is 3.40. The van der Waals surface area contributed by atoms with Crippen molar-refractivity contribution in [2.24, 2.45) is 0 Å². The molecule has 3 rings (SSSR count). The number of imidazole rings is 1. The van der Waals surface area contributed by atoms with Gasteiger partial charge in [-0.25, -0.2) is 4.98 Å². The molecule has 0 unspecified atom stereocenters. The van der Waals surface area contributed by atoms with Crippen molar-refractivity contribution in [2.75, 3.05) is 0 Å². The van der Waals surface area contributed by atoms with E-state index in [9.17, 15) is 4.79 Å². The van der Waals surface area contributed by atoms with Gasteiger partial charge >= 0.3 is 0 Å². The maximum atomic E-state index is 12.0. The van der Waals surface area contributed by atoms with Gasteiger partial charge in [0.15, 0.2) is 10.9 Å². The van der Waals surface area contributed by atoms with E-state index >= 15 is 0 Å². The Hall–Kier alpha value is -2.04. The molecule has 3 aromatic rings. The quantitative estimate of drug-likeness (QED) is 0.416. The van der Waals surface area contributed by atoms with Crippen LogP contribution in [0.25, 0.3) is 11.0 Å². The standard InChI is InChI=1S/C17H13ClN2OS/c1-11-2-7-14-15(10-11)20-17(19-14)22-9-8-16(21)12-3-5-13(18)6-4-12/h2-10H,1H3,(H,19,20). The molecule has 0 spiro atoms. The van der Waals surface area contributed by atoms with Crippen molar-refractivity contribution in [3.05, 3.63) is 70.1 Å². The lowest BCUT2D eigenvalue weighted by Gasteiger charge is -1.95. The Morgan fingerprint density at radius 2 is 2.00 bits per heavy atom. The first kappa shape index (κ1) is 14.9. The van der Waals surface area contributed by atoms with Crippen LogP contribution in [0, 0.1) is 6.92 Å². The Labute approximate surface area is 137 Å². The highest BCUT2D eigenvalue weighted by atomic mass is 35.5.